The lowest BCUT2D eigenvalue weighted by Crippen LogP contribution is -2.44. The maximum atomic E-state index is 10.8. The van der Waals surface area contributed by atoms with Crippen LogP contribution in [-0.4, -0.2) is 39.7 Å². The number of likely N-dealkylation sites (N-methyl/N-ethyl adjacent to an activating group) is 1. The Balaban J connectivity index is 2.80. The van der Waals surface area contributed by atoms with Crippen LogP contribution < -0.4 is 0 Å². The number of carbonyl (C=O) groups is 1. The average Bonchev–Trinajstić information content (AvgIpc) is 2.06. The Morgan fingerprint density at radius 3 is 2.45 bits per heavy atom. The molecule has 0 amide bonds. The van der Waals surface area contributed by atoms with E-state index in [9.17, 15) is 4.79 Å². The van der Waals surface area contributed by atoms with Crippen LogP contribution >= 0.6 is 11.8 Å². The van der Waals surface area contributed by atoms with Gasteiger partial charge in [0, 0.05) is 10.6 Å². The smallest absolute Gasteiger partial charge is 0.322 e. The molecule has 0 aromatic rings. The number of carboxylic acids is 1. The van der Waals surface area contributed by atoms with Crippen LogP contribution in [0.2, 0.25) is 0 Å². The van der Waals surface area contributed by atoms with Crippen LogP contribution in [0.15, 0.2) is 0 Å². The van der Waals surface area contributed by atoms with Crippen molar-refractivity contribution in [1.29, 1.82) is 0 Å². The summed E-state index contributed by atoms with van der Waals surface area (Å²) in [6, 6.07) is -0.340. The number of aliphatic carboxylic acids is 1. The molecule has 0 bridgehead atoms. The average molecular weight is 175 g/mol. The maximum Gasteiger partial charge on any atom is 0.322 e. The second-order valence-corrected chi connectivity index (χ2v) is 4.97. The number of hydrogen-bond donors (Lipinski definition) is 1. The molecule has 64 valence electrons. The first-order valence-corrected chi connectivity index (χ1v) is 4.51. The summed E-state index contributed by atoms with van der Waals surface area (Å²) < 4.78 is -0.152. The molecular weight excluding hydrogens is 162 g/mol. The Labute approximate surface area is 70.8 Å². The summed E-state index contributed by atoms with van der Waals surface area (Å²) in [6.45, 7) is 3.94. The molecule has 1 rings (SSSR count). The molecule has 0 aromatic heterocycles. The molecule has 0 radical (unpaired) electrons. The van der Waals surface area contributed by atoms with Gasteiger partial charge in [-0.2, -0.15) is 0 Å². The Morgan fingerprint density at radius 2 is 2.27 bits per heavy atom. The summed E-state index contributed by atoms with van der Waals surface area (Å²) in [4.78, 5) is 12.6. The largest absolute Gasteiger partial charge is 0.480 e. The van der Waals surface area contributed by atoms with Gasteiger partial charge in [0.2, 0.25) is 0 Å². The summed E-state index contributed by atoms with van der Waals surface area (Å²) in [5, 5.41) is 8.86. The fourth-order valence-corrected chi connectivity index (χ4v) is 2.56. The fourth-order valence-electron chi connectivity index (χ4n) is 1.44. The third kappa shape index (κ3) is 1.51. The highest BCUT2D eigenvalue weighted by molar-refractivity contribution is 8.00. The normalized spacial score (nSPS) is 30.6. The van der Waals surface area contributed by atoms with Gasteiger partial charge >= 0.3 is 5.97 Å². The molecule has 1 fully saturated rings. The summed E-state index contributed by atoms with van der Waals surface area (Å²) >= 11 is 1.69. The molecule has 1 aliphatic heterocycles. The van der Waals surface area contributed by atoms with Crippen LogP contribution in [0, 0.1) is 0 Å². The monoisotopic (exact) mass is 175 g/mol. The van der Waals surface area contributed by atoms with E-state index in [2.05, 4.69) is 0 Å². The maximum absolute atomic E-state index is 10.8. The van der Waals surface area contributed by atoms with E-state index in [0.717, 1.165) is 5.88 Å². The van der Waals surface area contributed by atoms with E-state index < -0.39 is 5.97 Å². The highest BCUT2D eigenvalue weighted by atomic mass is 32.2. The highest BCUT2D eigenvalue weighted by Gasteiger charge is 2.44. The van der Waals surface area contributed by atoms with Gasteiger partial charge in [0.1, 0.15) is 6.04 Å². The van der Waals surface area contributed by atoms with Crippen molar-refractivity contribution in [3.8, 4) is 0 Å². The quantitative estimate of drug-likeness (QED) is 0.641. The molecule has 1 atom stereocenters. The van der Waals surface area contributed by atoms with Crippen molar-refractivity contribution in [2.45, 2.75) is 24.6 Å². The minimum atomic E-state index is -0.720. The van der Waals surface area contributed by atoms with Crippen LogP contribution in [0.5, 0.6) is 0 Å². The standard InChI is InChI=1S/C7H13NO2S/c1-7(2)5(6(9)10)8(3)4-11-7/h5H,4H2,1-3H3,(H,9,10)/t5-/m0/s1. The summed E-state index contributed by atoms with van der Waals surface area (Å²) in [7, 11) is 1.85. The van der Waals surface area contributed by atoms with Crippen molar-refractivity contribution in [3.63, 3.8) is 0 Å². The number of hydrogen-bond acceptors (Lipinski definition) is 3. The molecule has 0 spiro atoms. The van der Waals surface area contributed by atoms with Crippen molar-refractivity contribution in [3.05, 3.63) is 0 Å². The molecule has 0 aromatic carbocycles. The lowest BCUT2D eigenvalue weighted by molar-refractivity contribution is -0.142. The second-order valence-electron chi connectivity index (χ2n) is 3.37. The number of carboxylic acid groups (broad SMARTS) is 1. The predicted octanol–water partition coefficient (Wildman–Crippen LogP) is 0.854. The predicted molar refractivity (Wildman–Crippen MR) is 45.7 cm³/mol. The summed E-state index contributed by atoms with van der Waals surface area (Å²) in [5.41, 5.74) is 0. The Kier molecular flexibility index (Phi) is 2.16. The Morgan fingerprint density at radius 1 is 1.73 bits per heavy atom. The van der Waals surface area contributed by atoms with Crippen molar-refractivity contribution >= 4 is 17.7 Å². The van der Waals surface area contributed by atoms with Crippen LogP contribution in [-0.2, 0) is 4.79 Å². The molecule has 0 aliphatic carbocycles. The first-order chi connectivity index (χ1) is 4.95. The molecule has 11 heavy (non-hydrogen) atoms. The summed E-state index contributed by atoms with van der Waals surface area (Å²) in [6.07, 6.45) is 0. The van der Waals surface area contributed by atoms with E-state index in [0.29, 0.717) is 0 Å². The zero-order valence-corrected chi connectivity index (χ0v) is 7.81. The van der Waals surface area contributed by atoms with E-state index in [1.807, 2.05) is 25.8 Å². The van der Waals surface area contributed by atoms with E-state index in [-0.39, 0.29) is 10.8 Å². The van der Waals surface area contributed by atoms with Crippen molar-refractivity contribution in [2.75, 3.05) is 12.9 Å². The van der Waals surface area contributed by atoms with E-state index in [4.69, 9.17) is 5.11 Å². The minimum absolute atomic E-state index is 0.152. The molecule has 0 saturated carbocycles. The van der Waals surface area contributed by atoms with Gasteiger partial charge in [-0.3, -0.25) is 9.69 Å². The van der Waals surface area contributed by atoms with Crippen molar-refractivity contribution < 1.29 is 9.90 Å². The number of nitrogens with zero attached hydrogens (tertiary/aromatic N) is 1. The molecule has 1 N–H and O–H groups in total. The zero-order chi connectivity index (χ0) is 8.65. The third-order valence-electron chi connectivity index (χ3n) is 1.97. The molecule has 4 heteroatoms. The van der Waals surface area contributed by atoms with Crippen LogP contribution in [0.4, 0.5) is 0 Å². The van der Waals surface area contributed by atoms with Crippen LogP contribution in [0.25, 0.3) is 0 Å². The lowest BCUT2D eigenvalue weighted by atomic mass is 10.0. The highest BCUT2D eigenvalue weighted by Crippen LogP contribution is 2.37. The zero-order valence-electron chi connectivity index (χ0n) is 7.00. The van der Waals surface area contributed by atoms with E-state index in [1.54, 1.807) is 11.8 Å². The SMILES string of the molecule is CN1CSC(C)(C)[C@@H]1C(=O)O. The van der Waals surface area contributed by atoms with Crippen molar-refractivity contribution in [1.82, 2.24) is 4.90 Å². The van der Waals surface area contributed by atoms with Gasteiger partial charge in [0.15, 0.2) is 0 Å². The molecule has 3 nitrogen and oxygen atoms in total. The van der Waals surface area contributed by atoms with Gasteiger partial charge in [-0.15, -0.1) is 11.8 Å². The first-order valence-electron chi connectivity index (χ1n) is 3.52. The fraction of sp³-hybridized carbons (Fsp3) is 0.857. The topological polar surface area (TPSA) is 40.5 Å². The van der Waals surface area contributed by atoms with Crippen LogP contribution in [0.3, 0.4) is 0 Å². The molecule has 0 unspecified atom stereocenters. The first kappa shape index (κ1) is 8.87. The lowest BCUT2D eigenvalue weighted by Gasteiger charge is -2.24. The Hall–Kier alpha value is -0.220. The molecule has 1 heterocycles. The van der Waals surface area contributed by atoms with Crippen LogP contribution in [0.1, 0.15) is 13.8 Å². The van der Waals surface area contributed by atoms with Gasteiger partial charge in [-0.05, 0) is 20.9 Å². The van der Waals surface area contributed by atoms with E-state index >= 15 is 0 Å². The molecule has 1 saturated heterocycles. The Bertz CT molecular complexity index is 181. The minimum Gasteiger partial charge on any atom is -0.480 e. The molecule has 1 aliphatic rings. The van der Waals surface area contributed by atoms with Gasteiger partial charge in [-0.25, -0.2) is 0 Å². The summed E-state index contributed by atoms with van der Waals surface area (Å²) in [5.74, 6) is 0.0896. The number of thioether (sulfide) groups is 1. The van der Waals surface area contributed by atoms with Gasteiger partial charge in [-0.1, -0.05) is 0 Å². The van der Waals surface area contributed by atoms with Gasteiger partial charge in [0.05, 0.1) is 0 Å². The number of rotatable bonds is 1. The second kappa shape index (κ2) is 2.68. The van der Waals surface area contributed by atoms with Crippen molar-refractivity contribution in [2.24, 2.45) is 0 Å². The molecular formula is C7H13NO2S. The van der Waals surface area contributed by atoms with Gasteiger partial charge in [0.25, 0.3) is 0 Å². The van der Waals surface area contributed by atoms with Gasteiger partial charge < -0.3 is 5.11 Å². The third-order valence-corrected chi connectivity index (χ3v) is 3.48. The van der Waals surface area contributed by atoms with E-state index in [1.165, 1.54) is 0 Å².